The smallest absolute Gasteiger partial charge is 0.174 e. The Morgan fingerprint density at radius 2 is 2.16 bits per heavy atom. The van der Waals surface area contributed by atoms with Crippen LogP contribution in [0.3, 0.4) is 0 Å². The molecule has 0 saturated heterocycles. The molecule has 1 aliphatic carbocycles. The lowest BCUT2D eigenvalue weighted by Crippen LogP contribution is -1.92. The van der Waals surface area contributed by atoms with Crippen molar-refractivity contribution in [2.24, 2.45) is 0 Å². The molecule has 1 saturated carbocycles. The van der Waals surface area contributed by atoms with Gasteiger partial charge in [-0.25, -0.2) is 0 Å². The number of pyridine rings is 1. The first-order valence-corrected chi connectivity index (χ1v) is 7.93. The minimum absolute atomic E-state index is 0.364. The standard InChI is InChI=1S/C13H12N4S2/c14-7-6-10-2-1-3-11(15-10)8-18-13-17-16-12(19-13)9-4-5-9/h1-3,9H,4-6,8H2. The number of thioether (sulfide) groups is 1. The van der Waals surface area contributed by atoms with Crippen LogP contribution in [0.2, 0.25) is 0 Å². The normalized spacial score (nSPS) is 14.3. The minimum atomic E-state index is 0.364. The molecule has 0 radical (unpaired) electrons. The molecule has 1 fully saturated rings. The number of aromatic nitrogens is 3. The van der Waals surface area contributed by atoms with Crippen LogP contribution in [0, 0.1) is 11.3 Å². The topological polar surface area (TPSA) is 62.5 Å². The zero-order valence-corrected chi connectivity index (χ0v) is 11.9. The molecule has 3 rings (SSSR count). The SMILES string of the molecule is N#CCc1cccc(CSc2nnc(C3CC3)s2)n1. The summed E-state index contributed by atoms with van der Waals surface area (Å²) in [6, 6.07) is 7.93. The van der Waals surface area contributed by atoms with Crippen molar-refractivity contribution in [2.45, 2.75) is 35.3 Å². The summed E-state index contributed by atoms with van der Waals surface area (Å²) in [6.07, 6.45) is 2.89. The maximum Gasteiger partial charge on any atom is 0.174 e. The minimum Gasteiger partial charge on any atom is -0.256 e. The van der Waals surface area contributed by atoms with Crippen molar-refractivity contribution in [2.75, 3.05) is 0 Å². The lowest BCUT2D eigenvalue weighted by molar-refractivity contribution is 0.936. The van der Waals surface area contributed by atoms with E-state index in [4.69, 9.17) is 5.26 Å². The molecule has 0 unspecified atom stereocenters. The molecule has 0 N–H and O–H groups in total. The summed E-state index contributed by atoms with van der Waals surface area (Å²) in [5, 5.41) is 18.3. The quantitative estimate of drug-likeness (QED) is 0.791. The molecule has 0 amide bonds. The molecule has 0 aromatic carbocycles. The summed E-state index contributed by atoms with van der Waals surface area (Å²) >= 11 is 3.36. The fourth-order valence-electron chi connectivity index (χ4n) is 1.70. The second kappa shape index (κ2) is 5.68. The van der Waals surface area contributed by atoms with Gasteiger partial charge in [0.1, 0.15) is 5.01 Å². The highest BCUT2D eigenvalue weighted by Gasteiger charge is 2.27. The first-order chi connectivity index (χ1) is 9.35. The second-order valence-electron chi connectivity index (χ2n) is 4.42. The second-order valence-corrected chi connectivity index (χ2v) is 6.66. The average molecular weight is 288 g/mol. The third-order valence-corrected chi connectivity index (χ3v) is 5.07. The predicted octanol–water partition coefficient (Wildman–Crippen LogP) is 3.17. The van der Waals surface area contributed by atoms with E-state index in [9.17, 15) is 0 Å². The molecular formula is C13H12N4S2. The van der Waals surface area contributed by atoms with E-state index in [1.165, 1.54) is 17.8 Å². The molecule has 0 atom stereocenters. The van der Waals surface area contributed by atoms with Crippen molar-refractivity contribution in [3.63, 3.8) is 0 Å². The maximum atomic E-state index is 8.67. The van der Waals surface area contributed by atoms with Gasteiger partial charge in [-0.3, -0.25) is 4.98 Å². The number of hydrogen-bond acceptors (Lipinski definition) is 6. The van der Waals surface area contributed by atoms with Gasteiger partial charge in [0.05, 0.1) is 23.9 Å². The van der Waals surface area contributed by atoms with Gasteiger partial charge >= 0.3 is 0 Å². The van der Waals surface area contributed by atoms with Crippen LogP contribution in [0.25, 0.3) is 0 Å². The third kappa shape index (κ3) is 3.31. The first kappa shape index (κ1) is 12.6. The van der Waals surface area contributed by atoms with Crippen LogP contribution in [0.15, 0.2) is 22.5 Å². The summed E-state index contributed by atoms with van der Waals surface area (Å²) < 4.78 is 1.01. The van der Waals surface area contributed by atoms with Gasteiger partial charge in [0, 0.05) is 11.7 Å². The van der Waals surface area contributed by atoms with Crippen molar-refractivity contribution < 1.29 is 0 Å². The summed E-state index contributed by atoms with van der Waals surface area (Å²) in [4.78, 5) is 4.44. The molecular weight excluding hydrogens is 276 g/mol. The lowest BCUT2D eigenvalue weighted by atomic mass is 10.2. The largest absolute Gasteiger partial charge is 0.256 e. The van der Waals surface area contributed by atoms with Crippen molar-refractivity contribution >= 4 is 23.1 Å². The summed E-state index contributed by atoms with van der Waals surface area (Å²) in [5.41, 5.74) is 1.82. The van der Waals surface area contributed by atoms with Crippen LogP contribution in [0.1, 0.15) is 35.2 Å². The van der Waals surface area contributed by atoms with Crippen LogP contribution >= 0.6 is 23.1 Å². The van der Waals surface area contributed by atoms with Gasteiger partial charge < -0.3 is 0 Å². The molecule has 96 valence electrons. The molecule has 2 aromatic rings. The Hall–Kier alpha value is -1.45. The van der Waals surface area contributed by atoms with Crippen LogP contribution < -0.4 is 0 Å². The molecule has 0 bridgehead atoms. The van der Waals surface area contributed by atoms with Crippen molar-refractivity contribution in [1.29, 1.82) is 5.26 Å². The van der Waals surface area contributed by atoms with Gasteiger partial charge in [0.25, 0.3) is 0 Å². The fraction of sp³-hybridized carbons (Fsp3) is 0.385. The van der Waals surface area contributed by atoms with Crippen molar-refractivity contribution in [1.82, 2.24) is 15.2 Å². The summed E-state index contributed by atoms with van der Waals surface area (Å²) in [7, 11) is 0. The Balaban J connectivity index is 1.61. The number of nitriles is 1. The number of rotatable bonds is 5. The van der Waals surface area contributed by atoms with E-state index >= 15 is 0 Å². The molecule has 2 aromatic heterocycles. The zero-order chi connectivity index (χ0) is 13.1. The van der Waals surface area contributed by atoms with Crippen molar-refractivity contribution in [3.8, 4) is 6.07 Å². The average Bonchev–Trinajstić information content (AvgIpc) is 3.17. The van der Waals surface area contributed by atoms with E-state index in [0.29, 0.717) is 12.3 Å². The van der Waals surface area contributed by atoms with Gasteiger partial charge in [0.15, 0.2) is 4.34 Å². The Bertz CT molecular complexity index is 613. The fourth-order valence-corrected chi connectivity index (χ4v) is 3.64. The maximum absolute atomic E-state index is 8.67. The third-order valence-electron chi connectivity index (χ3n) is 2.82. The van der Waals surface area contributed by atoms with Gasteiger partial charge in [-0.1, -0.05) is 29.2 Å². The molecule has 0 aliphatic heterocycles. The molecule has 1 aliphatic rings. The Labute approximate surface area is 119 Å². The molecule has 0 spiro atoms. The Morgan fingerprint density at radius 3 is 2.95 bits per heavy atom. The molecule has 19 heavy (non-hydrogen) atoms. The predicted molar refractivity (Wildman–Crippen MR) is 75.0 cm³/mol. The Morgan fingerprint density at radius 1 is 1.32 bits per heavy atom. The van der Waals surface area contributed by atoms with E-state index < -0.39 is 0 Å². The number of hydrogen-bond donors (Lipinski definition) is 0. The van der Waals surface area contributed by atoms with Crippen LogP contribution in [-0.4, -0.2) is 15.2 Å². The van der Waals surface area contributed by atoms with Gasteiger partial charge in [-0.05, 0) is 25.0 Å². The van der Waals surface area contributed by atoms with Gasteiger partial charge in [-0.2, -0.15) is 5.26 Å². The number of nitrogens with zero attached hydrogens (tertiary/aromatic N) is 4. The molecule has 2 heterocycles. The van der Waals surface area contributed by atoms with E-state index in [1.807, 2.05) is 18.2 Å². The first-order valence-electron chi connectivity index (χ1n) is 6.13. The summed E-state index contributed by atoms with van der Waals surface area (Å²) in [5.74, 6) is 1.45. The van der Waals surface area contributed by atoms with E-state index in [0.717, 1.165) is 21.5 Å². The highest BCUT2D eigenvalue weighted by molar-refractivity contribution is 8.00. The molecule has 6 heteroatoms. The van der Waals surface area contributed by atoms with E-state index in [2.05, 4.69) is 21.3 Å². The molecule has 4 nitrogen and oxygen atoms in total. The lowest BCUT2D eigenvalue weighted by Gasteiger charge is -2.00. The monoisotopic (exact) mass is 288 g/mol. The van der Waals surface area contributed by atoms with Crippen molar-refractivity contribution in [3.05, 3.63) is 34.6 Å². The highest BCUT2D eigenvalue weighted by Crippen LogP contribution is 2.42. The van der Waals surface area contributed by atoms with Gasteiger partial charge in [-0.15, -0.1) is 10.2 Å². The Kier molecular flexibility index (Phi) is 3.76. The van der Waals surface area contributed by atoms with Crippen LogP contribution in [-0.2, 0) is 12.2 Å². The van der Waals surface area contributed by atoms with E-state index in [1.54, 1.807) is 23.1 Å². The van der Waals surface area contributed by atoms with Crippen LogP contribution in [0.4, 0.5) is 0 Å². The van der Waals surface area contributed by atoms with Gasteiger partial charge in [0.2, 0.25) is 0 Å². The highest BCUT2D eigenvalue weighted by atomic mass is 32.2. The van der Waals surface area contributed by atoms with E-state index in [-0.39, 0.29) is 0 Å². The van der Waals surface area contributed by atoms with Crippen LogP contribution in [0.5, 0.6) is 0 Å². The zero-order valence-electron chi connectivity index (χ0n) is 10.2. The summed E-state index contributed by atoms with van der Waals surface area (Å²) in [6.45, 7) is 0.